The number of esters is 1. The number of halogens is 1. The molecule has 0 aliphatic carbocycles. The van der Waals surface area contributed by atoms with E-state index in [1.807, 2.05) is 0 Å². The van der Waals surface area contributed by atoms with Crippen molar-refractivity contribution < 1.29 is 14.5 Å². The van der Waals surface area contributed by atoms with Crippen LogP contribution < -0.4 is 0 Å². The minimum Gasteiger partial charge on any atom is -0.466 e. The van der Waals surface area contributed by atoms with Gasteiger partial charge < -0.3 is 4.74 Å². The van der Waals surface area contributed by atoms with E-state index >= 15 is 0 Å². The third-order valence-corrected chi connectivity index (χ3v) is 1.95. The van der Waals surface area contributed by atoms with E-state index in [-0.39, 0.29) is 10.7 Å². The molecular formula is C10H8ClNO4. The summed E-state index contributed by atoms with van der Waals surface area (Å²) in [5.41, 5.74) is 0.335. The number of rotatable bonds is 3. The monoisotopic (exact) mass is 241 g/mol. The lowest BCUT2D eigenvalue weighted by molar-refractivity contribution is -0.384. The predicted octanol–water partition coefficient (Wildman–Crippen LogP) is 2.43. The Bertz CT molecular complexity index is 456. The molecule has 0 atom stereocenters. The lowest BCUT2D eigenvalue weighted by atomic mass is 10.2. The molecule has 0 heterocycles. The summed E-state index contributed by atoms with van der Waals surface area (Å²) in [6, 6.07) is 4.05. The highest BCUT2D eigenvalue weighted by Gasteiger charge is 2.07. The number of non-ortho nitro benzene ring substituents is 1. The van der Waals surface area contributed by atoms with Crippen molar-refractivity contribution >= 4 is 29.3 Å². The quantitative estimate of drug-likeness (QED) is 0.353. The summed E-state index contributed by atoms with van der Waals surface area (Å²) in [6.07, 6.45) is 2.56. The van der Waals surface area contributed by atoms with Crippen molar-refractivity contribution in [1.82, 2.24) is 0 Å². The molecule has 0 aliphatic rings. The number of hydrogen-bond acceptors (Lipinski definition) is 4. The van der Waals surface area contributed by atoms with Gasteiger partial charge in [-0.05, 0) is 17.7 Å². The number of nitro benzene ring substituents is 1. The Balaban J connectivity index is 3.01. The van der Waals surface area contributed by atoms with E-state index in [1.165, 1.54) is 31.4 Å². The molecule has 0 radical (unpaired) electrons. The molecule has 0 spiro atoms. The molecule has 0 fully saturated rings. The van der Waals surface area contributed by atoms with Crippen molar-refractivity contribution in [3.63, 3.8) is 0 Å². The minimum atomic E-state index is -0.554. The van der Waals surface area contributed by atoms with Crippen LogP contribution in [0.4, 0.5) is 5.69 Å². The Morgan fingerprint density at radius 2 is 2.19 bits per heavy atom. The van der Waals surface area contributed by atoms with Gasteiger partial charge in [0.1, 0.15) is 0 Å². The highest BCUT2D eigenvalue weighted by atomic mass is 35.5. The number of benzene rings is 1. The average molecular weight is 242 g/mol. The second-order valence-electron chi connectivity index (χ2n) is 2.86. The first kappa shape index (κ1) is 12.2. The molecule has 0 saturated heterocycles. The van der Waals surface area contributed by atoms with Crippen LogP contribution in [0.5, 0.6) is 0 Å². The number of ether oxygens (including phenoxy) is 1. The number of carbonyl (C=O) groups is 1. The van der Waals surface area contributed by atoms with E-state index < -0.39 is 10.9 Å². The second kappa shape index (κ2) is 5.27. The van der Waals surface area contributed by atoms with Gasteiger partial charge in [-0.1, -0.05) is 11.6 Å². The highest BCUT2D eigenvalue weighted by Crippen LogP contribution is 2.21. The lowest BCUT2D eigenvalue weighted by Gasteiger charge is -1.96. The van der Waals surface area contributed by atoms with Gasteiger partial charge in [0.2, 0.25) is 0 Å². The van der Waals surface area contributed by atoms with Crippen LogP contribution in [0.2, 0.25) is 5.02 Å². The van der Waals surface area contributed by atoms with Crippen LogP contribution in [0.3, 0.4) is 0 Å². The largest absolute Gasteiger partial charge is 0.466 e. The van der Waals surface area contributed by atoms with Gasteiger partial charge in [-0.15, -0.1) is 0 Å². The summed E-state index contributed by atoms with van der Waals surface area (Å²) in [5, 5.41) is 10.8. The first-order chi connectivity index (χ1) is 7.52. The van der Waals surface area contributed by atoms with Gasteiger partial charge in [0.05, 0.1) is 12.0 Å². The molecule has 0 aliphatic heterocycles. The second-order valence-corrected chi connectivity index (χ2v) is 3.29. The summed E-state index contributed by atoms with van der Waals surface area (Å²) >= 11 is 5.69. The molecule has 0 N–H and O–H groups in total. The zero-order valence-corrected chi connectivity index (χ0v) is 9.10. The Morgan fingerprint density at radius 1 is 1.50 bits per heavy atom. The van der Waals surface area contributed by atoms with E-state index in [9.17, 15) is 14.9 Å². The average Bonchev–Trinajstić information content (AvgIpc) is 2.25. The Kier molecular flexibility index (Phi) is 4.02. The van der Waals surface area contributed by atoms with Gasteiger partial charge in [-0.2, -0.15) is 0 Å². The van der Waals surface area contributed by atoms with Crippen molar-refractivity contribution in [2.45, 2.75) is 0 Å². The molecular weight excluding hydrogens is 234 g/mol. The van der Waals surface area contributed by atoms with E-state index in [1.54, 1.807) is 0 Å². The van der Waals surface area contributed by atoms with Crippen LogP contribution in [0, 0.1) is 10.1 Å². The topological polar surface area (TPSA) is 69.4 Å². The standard InChI is InChI=1S/C10H8ClNO4/c1-16-10(13)3-2-7-4-8(11)6-9(5-7)12(14)15/h2-6H,1H3/b3-2+. The third kappa shape index (κ3) is 3.36. The molecule has 1 aromatic carbocycles. The van der Waals surface area contributed by atoms with Crippen LogP contribution >= 0.6 is 11.6 Å². The van der Waals surface area contributed by atoms with Gasteiger partial charge in [0.15, 0.2) is 0 Å². The number of nitro groups is 1. The Morgan fingerprint density at radius 3 is 2.75 bits per heavy atom. The van der Waals surface area contributed by atoms with Gasteiger partial charge >= 0.3 is 5.97 Å². The maximum Gasteiger partial charge on any atom is 0.330 e. The van der Waals surface area contributed by atoms with Gasteiger partial charge in [0.25, 0.3) is 5.69 Å². The SMILES string of the molecule is COC(=O)/C=C/c1cc(Cl)cc([N+](=O)[O-])c1. The van der Waals surface area contributed by atoms with E-state index in [4.69, 9.17) is 11.6 Å². The molecule has 0 amide bonds. The summed E-state index contributed by atoms with van der Waals surface area (Å²) in [7, 11) is 1.24. The normalized spacial score (nSPS) is 10.4. The molecule has 0 unspecified atom stereocenters. The molecule has 1 rings (SSSR count). The minimum absolute atomic E-state index is 0.128. The molecule has 0 aromatic heterocycles. The van der Waals surface area contributed by atoms with Crippen LogP contribution in [-0.4, -0.2) is 18.0 Å². The molecule has 84 valence electrons. The van der Waals surface area contributed by atoms with Crippen molar-refractivity contribution in [2.75, 3.05) is 7.11 Å². The van der Waals surface area contributed by atoms with Crippen LogP contribution in [0.25, 0.3) is 6.08 Å². The number of hydrogen-bond donors (Lipinski definition) is 0. The maximum absolute atomic E-state index is 10.8. The summed E-state index contributed by atoms with van der Waals surface area (Å²) in [4.78, 5) is 20.8. The van der Waals surface area contributed by atoms with Crippen molar-refractivity contribution in [3.8, 4) is 0 Å². The molecule has 0 saturated carbocycles. The zero-order valence-electron chi connectivity index (χ0n) is 8.34. The van der Waals surface area contributed by atoms with Crippen molar-refractivity contribution in [2.24, 2.45) is 0 Å². The summed E-state index contributed by atoms with van der Waals surface area (Å²) in [6.45, 7) is 0. The fraction of sp³-hybridized carbons (Fsp3) is 0.100. The molecule has 6 heteroatoms. The van der Waals surface area contributed by atoms with Crippen LogP contribution in [0.15, 0.2) is 24.3 Å². The summed E-state index contributed by atoms with van der Waals surface area (Å²) in [5.74, 6) is -0.539. The number of methoxy groups -OCH3 is 1. The molecule has 16 heavy (non-hydrogen) atoms. The van der Waals surface area contributed by atoms with Gasteiger partial charge in [0, 0.05) is 23.2 Å². The number of nitrogens with zero attached hydrogens (tertiary/aromatic N) is 1. The van der Waals surface area contributed by atoms with Crippen molar-refractivity contribution in [1.29, 1.82) is 0 Å². The van der Waals surface area contributed by atoms with Crippen LogP contribution in [0.1, 0.15) is 5.56 Å². The van der Waals surface area contributed by atoms with Gasteiger partial charge in [-0.25, -0.2) is 4.79 Å². The molecule has 0 bridgehead atoms. The van der Waals surface area contributed by atoms with Gasteiger partial charge in [-0.3, -0.25) is 10.1 Å². The first-order valence-electron chi connectivity index (χ1n) is 4.24. The zero-order chi connectivity index (χ0) is 12.1. The first-order valence-corrected chi connectivity index (χ1v) is 4.61. The Hall–Kier alpha value is -1.88. The maximum atomic E-state index is 10.8. The lowest BCUT2D eigenvalue weighted by Crippen LogP contribution is -1.93. The fourth-order valence-corrected chi connectivity index (χ4v) is 1.27. The summed E-state index contributed by atoms with van der Waals surface area (Å²) < 4.78 is 4.39. The van der Waals surface area contributed by atoms with E-state index in [2.05, 4.69) is 4.74 Å². The van der Waals surface area contributed by atoms with E-state index in [0.29, 0.717) is 5.56 Å². The highest BCUT2D eigenvalue weighted by molar-refractivity contribution is 6.31. The number of carbonyl (C=O) groups excluding carboxylic acids is 1. The van der Waals surface area contributed by atoms with Crippen molar-refractivity contribution in [3.05, 3.63) is 45.0 Å². The smallest absolute Gasteiger partial charge is 0.330 e. The van der Waals surface area contributed by atoms with Crippen LogP contribution in [-0.2, 0) is 9.53 Å². The fourth-order valence-electron chi connectivity index (χ4n) is 1.03. The molecule has 1 aromatic rings. The van der Waals surface area contributed by atoms with E-state index in [0.717, 1.165) is 6.08 Å². The third-order valence-electron chi connectivity index (χ3n) is 1.73. The Labute approximate surface area is 96.4 Å². The molecule has 5 nitrogen and oxygen atoms in total. The predicted molar refractivity (Wildman–Crippen MR) is 59.2 cm³/mol.